The van der Waals surface area contributed by atoms with E-state index in [1.807, 2.05) is 24.5 Å². The maximum Gasteiger partial charge on any atom is 0.223 e. The number of carbonyl (C=O) groups is 1. The lowest BCUT2D eigenvalue weighted by molar-refractivity contribution is -0.123. The van der Waals surface area contributed by atoms with Crippen molar-refractivity contribution in [2.24, 2.45) is 11.3 Å². The van der Waals surface area contributed by atoms with Crippen LogP contribution >= 0.6 is 0 Å². The van der Waals surface area contributed by atoms with Gasteiger partial charge in [0.25, 0.3) is 0 Å². The predicted molar refractivity (Wildman–Crippen MR) is 137 cm³/mol. The summed E-state index contributed by atoms with van der Waals surface area (Å²) in [5.41, 5.74) is 6.82. The molecule has 0 radical (unpaired) electrons. The fraction of sp³-hybridized carbons (Fsp3) is 0.400. The summed E-state index contributed by atoms with van der Waals surface area (Å²) in [5.74, 6) is 0.499. The number of benzene rings is 2. The molecule has 1 amide bonds. The summed E-state index contributed by atoms with van der Waals surface area (Å²) in [6.45, 7) is 6.10. The molecule has 1 aliphatic carbocycles. The average molecular weight is 454 g/mol. The van der Waals surface area contributed by atoms with Crippen LogP contribution in [0.3, 0.4) is 0 Å². The molecule has 34 heavy (non-hydrogen) atoms. The molecule has 1 spiro atoms. The van der Waals surface area contributed by atoms with Gasteiger partial charge < -0.3 is 5.32 Å². The van der Waals surface area contributed by atoms with E-state index in [1.54, 1.807) is 0 Å². The highest BCUT2D eigenvalue weighted by Gasteiger charge is 2.58. The molecule has 0 bridgehead atoms. The van der Waals surface area contributed by atoms with Gasteiger partial charge in [-0.15, -0.1) is 0 Å². The topological polar surface area (TPSA) is 45.2 Å². The van der Waals surface area contributed by atoms with Crippen molar-refractivity contribution in [1.82, 2.24) is 15.2 Å². The van der Waals surface area contributed by atoms with Crippen LogP contribution in [0.25, 0.3) is 11.1 Å². The number of nitrogens with zero attached hydrogens (tertiary/aromatic N) is 2. The van der Waals surface area contributed by atoms with Gasteiger partial charge in [-0.2, -0.15) is 0 Å². The summed E-state index contributed by atoms with van der Waals surface area (Å²) >= 11 is 0. The standard InChI is InChI=1S/C30H35N3O/c1-23-5-2-3-7-27(23)26-10-8-25(9-11-26)22-33-19-14-30(15-20-33)21-28(30)29(34)32-16-4-6-24-12-17-31-18-13-24/h2-3,5,7-13,17-18,28H,4,6,14-16,19-22H2,1H3,(H,32,34)/t28-/m1/s1. The fourth-order valence-corrected chi connectivity index (χ4v) is 5.55. The van der Waals surface area contributed by atoms with Gasteiger partial charge in [0.1, 0.15) is 0 Å². The molecule has 2 aromatic carbocycles. The molecule has 1 saturated carbocycles. The molecule has 2 fully saturated rings. The molecule has 1 N–H and O–H groups in total. The van der Waals surface area contributed by atoms with E-state index in [0.717, 1.165) is 58.3 Å². The summed E-state index contributed by atoms with van der Waals surface area (Å²) in [6.07, 6.45) is 8.98. The van der Waals surface area contributed by atoms with Crippen LogP contribution in [0.1, 0.15) is 42.4 Å². The lowest BCUT2D eigenvalue weighted by atomic mass is 9.90. The Kier molecular flexibility index (Phi) is 6.77. The number of aromatic nitrogens is 1. The van der Waals surface area contributed by atoms with Crippen molar-refractivity contribution < 1.29 is 4.79 Å². The molecule has 1 aromatic heterocycles. The molecule has 1 aliphatic heterocycles. The lowest BCUT2D eigenvalue weighted by Gasteiger charge is -2.32. The zero-order valence-electron chi connectivity index (χ0n) is 20.2. The minimum atomic E-state index is 0.226. The van der Waals surface area contributed by atoms with Crippen molar-refractivity contribution in [3.8, 4) is 11.1 Å². The smallest absolute Gasteiger partial charge is 0.223 e. The Morgan fingerprint density at radius 1 is 1.00 bits per heavy atom. The van der Waals surface area contributed by atoms with E-state index < -0.39 is 0 Å². The zero-order valence-corrected chi connectivity index (χ0v) is 20.2. The van der Waals surface area contributed by atoms with Crippen LogP contribution in [-0.2, 0) is 17.8 Å². The van der Waals surface area contributed by atoms with Crippen LogP contribution in [0.2, 0.25) is 0 Å². The van der Waals surface area contributed by atoms with E-state index in [0.29, 0.717) is 0 Å². The molecule has 4 nitrogen and oxygen atoms in total. The van der Waals surface area contributed by atoms with Crippen molar-refractivity contribution in [2.75, 3.05) is 19.6 Å². The van der Waals surface area contributed by atoms with E-state index in [1.165, 1.54) is 27.8 Å². The second kappa shape index (κ2) is 10.1. The van der Waals surface area contributed by atoms with E-state index in [9.17, 15) is 4.79 Å². The van der Waals surface area contributed by atoms with Crippen LogP contribution in [0.15, 0.2) is 73.1 Å². The second-order valence-electron chi connectivity index (χ2n) is 10.2. The monoisotopic (exact) mass is 453 g/mol. The molecular weight excluding hydrogens is 418 g/mol. The van der Waals surface area contributed by atoms with E-state index in [2.05, 4.69) is 70.7 Å². The molecule has 1 saturated heterocycles. The van der Waals surface area contributed by atoms with Gasteiger partial charge in [-0.05, 0) is 97.5 Å². The van der Waals surface area contributed by atoms with Crippen molar-refractivity contribution in [3.63, 3.8) is 0 Å². The third kappa shape index (κ3) is 5.23. The Morgan fingerprint density at radius 3 is 2.47 bits per heavy atom. The number of hydrogen-bond donors (Lipinski definition) is 1. The number of likely N-dealkylation sites (tertiary alicyclic amines) is 1. The van der Waals surface area contributed by atoms with Gasteiger partial charge in [0, 0.05) is 31.4 Å². The zero-order chi connectivity index (χ0) is 23.4. The highest BCUT2D eigenvalue weighted by molar-refractivity contribution is 5.82. The van der Waals surface area contributed by atoms with Gasteiger partial charge in [-0.1, -0.05) is 48.5 Å². The summed E-state index contributed by atoms with van der Waals surface area (Å²) < 4.78 is 0. The maximum atomic E-state index is 12.7. The number of nitrogens with one attached hydrogen (secondary N) is 1. The first kappa shape index (κ1) is 22.8. The molecule has 1 atom stereocenters. The third-order valence-corrected chi connectivity index (χ3v) is 7.87. The van der Waals surface area contributed by atoms with E-state index in [4.69, 9.17) is 0 Å². The minimum Gasteiger partial charge on any atom is -0.356 e. The first-order chi connectivity index (χ1) is 16.6. The molecule has 2 aliphatic rings. The molecule has 176 valence electrons. The first-order valence-electron chi connectivity index (χ1n) is 12.7. The molecule has 4 heteroatoms. The number of amides is 1. The summed E-state index contributed by atoms with van der Waals surface area (Å²) in [5, 5.41) is 3.19. The summed E-state index contributed by atoms with van der Waals surface area (Å²) in [6, 6.07) is 21.7. The SMILES string of the molecule is Cc1ccccc1-c1ccc(CN2CCC3(CC2)C[C@@H]3C(=O)NCCCc2ccncc2)cc1. The van der Waals surface area contributed by atoms with E-state index in [-0.39, 0.29) is 17.2 Å². The lowest BCUT2D eigenvalue weighted by Crippen LogP contribution is -2.37. The van der Waals surface area contributed by atoms with Gasteiger partial charge >= 0.3 is 0 Å². The Hall–Kier alpha value is -2.98. The number of pyridine rings is 1. The van der Waals surface area contributed by atoms with Crippen LogP contribution in [0.4, 0.5) is 0 Å². The van der Waals surface area contributed by atoms with Crippen LogP contribution in [0, 0.1) is 18.3 Å². The van der Waals surface area contributed by atoms with Crippen LogP contribution < -0.4 is 5.32 Å². The summed E-state index contributed by atoms with van der Waals surface area (Å²) in [7, 11) is 0. The van der Waals surface area contributed by atoms with Crippen molar-refractivity contribution >= 4 is 5.91 Å². The van der Waals surface area contributed by atoms with Gasteiger partial charge in [0.05, 0.1) is 0 Å². The average Bonchev–Trinajstić information content (AvgIpc) is 3.58. The largest absolute Gasteiger partial charge is 0.356 e. The maximum absolute atomic E-state index is 12.7. The highest BCUT2D eigenvalue weighted by atomic mass is 16.2. The third-order valence-electron chi connectivity index (χ3n) is 7.87. The molecule has 5 rings (SSSR count). The molecule has 0 unspecified atom stereocenters. The van der Waals surface area contributed by atoms with Crippen molar-refractivity contribution in [1.29, 1.82) is 0 Å². The van der Waals surface area contributed by atoms with Gasteiger partial charge in [0.2, 0.25) is 5.91 Å². The van der Waals surface area contributed by atoms with Crippen molar-refractivity contribution in [2.45, 2.75) is 45.6 Å². The van der Waals surface area contributed by atoms with Crippen LogP contribution in [0.5, 0.6) is 0 Å². The van der Waals surface area contributed by atoms with Crippen molar-refractivity contribution in [3.05, 3.63) is 89.7 Å². The Balaban J connectivity index is 1.05. The number of piperidine rings is 1. The summed E-state index contributed by atoms with van der Waals surface area (Å²) in [4.78, 5) is 19.3. The number of aryl methyl sites for hydroxylation is 2. The normalized spacial score (nSPS) is 19.1. The van der Waals surface area contributed by atoms with Gasteiger partial charge in [-0.25, -0.2) is 0 Å². The second-order valence-corrected chi connectivity index (χ2v) is 10.2. The number of hydrogen-bond acceptors (Lipinski definition) is 3. The predicted octanol–water partition coefficient (Wildman–Crippen LogP) is 5.41. The Labute approximate surface area is 203 Å². The fourth-order valence-electron chi connectivity index (χ4n) is 5.55. The highest BCUT2D eigenvalue weighted by Crippen LogP contribution is 2.59. The van der Waals surface area contributed by atoms with E-state index >= 15 is 0 Å². The van der Waals surface area contributed by atoms with Crippen LogP contribution in [-0.4, -0.2) is 35.4 Å². The Bertz CT molecular complexity index is 1100. The molecule has 2 heterocycles. The first-order valence-corrected chi connectivity index (χ1v) is 12.7. The number of carbonyl (C=O) groups excluding carboxylic acids is 1. The molecular formula is C30H35N3O. The number of rotatable bonds is 8. The van der Waals surface area contributed by atoms with Gasteiger partial charge in [-0.3, -0.25) is 14.7 Å². The van der Waals surface area contributed by atoms with Gasteiger partial charge in [0.15, 0.2) is 0 Å². The molecule has 3 aromatic rings. The minimum absolute atomic E-state index is 0.226. The quantitative estimate of drug-likeness (QED) is 0.464. The Morgan fingerprint density at radius 2 is 1.74 bits per heavy atom.